The van der Waals surface area contributed by atoms with Crippen LogP contribution in [0, 0.1) is 5.92 Å². The van der Waals surface area contributed by atoms with Gasteiger partial charge in [0.1, 0.15) is 0 Å². The molecule has 2 rings (SSSR count). The monoisotopic (exact) mass is 313 g/mol. The van der Waals surface area contributed by atoms with Crippen LogP contribution in [-0.2, 0) is 11.3 Å². The van der Waals surface area contributed by atoms with E-state index < -0.39 is 6.10 Å². The summed E-state index contributed by atoms with van der Waals surface area (Å²) in [5, 5.41) is 20.6. The highest BCUT2D eigenvalue weighted by atomic mass is 35.5. The van der Waals surface area contributed by atoms with E-state index in [1.165, 1.54) is 0 Å². The van der Waals surface area contributed by atoms with Crippen molar-refractivity contribution in [3.05, 3.63) is 34.9 Å². The van der Waals surface area contributed by atoms with Crippen LogP contribution < -0.4 is 0 Å². The standard InChI is InChI=1S/C16H24ClNO3/c1-12-6-7-18(9-16(12)20)8-15(19)11-21-10-13-2-4-14(17)5-3-13/h2-5,12,15-16,19-20H,6-11H2,1H3. The van der Waals surface area contributed by atoms with Crippen LogP contribution >= 0.6 is 11.6 Å². The Morgan fingerprint density at radius 1 is 1.38 bits per heavy atom. The molecule has 3 unspecified atom stereocenters. The Balaban J connectivity index is 1.65. The molecule has 0 radical (unpaired) electrons. The molecule has 1 fully saturated rings. The third-order valence-corrected chi connectivity index (χ3v) is 4.22. The van der Waals surface area contributed by atoms with E-state index >= 15 is 0 Å². The van der Waals surface area contributed by atoms with Gasteiger partial charge in [-0.05, 0) is 36.6 Å². The summed E-state index contributed by atoms with van der Waals surface area (Å²) in [7, 11) is 0. The van der Waals surface area contributed by atoms with E-state index in [0.29, 0.717) is 37.2 Å². The smallest absolute Gasteiger partial charge is 0.0900 e. The Morgan fingerprint density at radius 2 is 2.10 bits per heavy atom. The molecule has 4 nitrogen and oxygen atoms in total. The molecular formula is C16H24ClNO3. The van der Waals surface area contributed by atoms with Crippen molar-refractivity contribution in [3.63, 3.8) is 0 Å². The largest absolute Gasteiger partial charge is 0.392 e. The van der Waals surface area contributed by atoms with Crippen LogP contribution in [0.4, 0.5) is 0 Å². The van der Waals surface area contributed by atoms with E-state index in [9.17, 15) is 10.2 Å². The lowest BCUT2D eigenvalue weighted by Gasteiger charge is -2.35. The van der Waals surface area contributed by atoms with Crippen molar-refractivity contribution in [2.24, 2.45) is 5.92 Å². The van der Waals surface area contributed by atoms with E-state index in [0.717, 1.165) is 18.5 Å². The summed E-state index contributed by atoms with van der Waals surface area (Å²) in [6.07, 6.45) is 0.151. The first-order valence-corrected chi connectivity index (χ1v) is 7.83. The Hall–Kier alpha value is -0.650. The molecule has 0 amide bonds. The van der Waals surface area contributed by atoms with Gasteiger partial charge in [-0.3, -0.25) is 4.90 Å². The van der Waals surface area contributed by atoms with Crippen LogP contribution in [0.5, 0.6) is 0 Å². The summed E-state index contributed by atoms with van der Waals surface area (Å²) in [6, 6.07) is 7.48. The Morgan fingerprint density at radius 3 is 2.76 bits per heavy atom. The normalized spacial score (nSPS) is 25.0. The molecule has 1 aromatic carbocycles. The average molecular weight is 314 g/mol. The maximum atomic E-state index is 10.0. The zero-order valence-electron chi connectivity index (χ0n) is 12.4. The number of hydrogen-bond acceptors (Lipinski definition) is 4. The van der Waals surface area contributed by atoms with Crippen LogP contribution in [0.3, 0.4) is 0 Å². The van der Waals surface area contributed by atoms with E-state index in [-0.39, 0.29) is 6.10 Å². The summed E-state index contributed by atoms with van der Waals surface area (Å²) in [5.41, 5.74) is 1.04. The number of rotatable bonds is 6. The maximum Gasteiger partial charge on any atom is 0.0900 e. The van der Waals surface area contributed by atoms with E-state index in [4.69, 9.17) is 16.3 Å². The van der Waals surface area contributed by atoms with E-state index in [1.807, 2.05) is 24.3 Å². The predicted molar refractivity (Wildman–Crippen MR) is 83.3 cm³/mol. The quantitative estimate of drug-likeness (QED) is 0.842. The molecular weight excluding hydrogens is 290 g/mol. The maximum absolute atomic E-state index is 10.0. The van der Waals surface area contributed by atoms with Crippen LogP contribution in [-0.4, -0.2) is 53.6 Å². The molecule has 118 valence electrons. The van der Waals surface area contributed by atoms with Crippen molar-refractivity contribution >= 4 is 11.6 Å². The molecule has 1 heterocycles. The van der Waals surface area contributed by atoms with E-state index in [2.05, 4.69) is 11.8 Å². The molecule has 1 aliphatic rings. The molecule has 21 heavy (non-hydrogen) atoms. The fourth-order valence-electron chi connectivity index (χ4n) is 2.52. The number of nitrogens with zero attached hydrogens (tertiary/aromatic N) is 1. The predicted octanol–water partition coefficient (Wildman–Crippen LogP) is 1.92. The third kappa shape index (κ3) is 5.57. The summed E-state index contributed by atoms with van der Waals surface area (Å²) in [4.78, 5) is 2.10. The van der Waals surface area contributed by atoms with Gasteiger partial charge in [0.15, 0.2) is 0 Å². The van der Waals surface area contributed by atoms with Crippen LogP contribution in [0.2, 0.25) is 5.02 Å². The van der Waals surface area contributed by atoms with Gasteiger partial charge in [0, 0.05) is 18.1 Å². The second kappa shape index (κ2) is 8.11. The zero-order valence-corrected chi connectivity index (χ0v) is 13.2. The van der Waals surface area contributed by atoms with Crippen molar-refractivity contribution in [2.75, 3.05) is 26.2 Å². The van der Waals surface area contributed by atoms with Gasteiger partial charge in [0.25, 0.3) is 0 Å². The summed E-state index contributed by atoms with van der Waals surface area (Å²) >= 11 is 5.82. The number of β-amino-alcohol motifs (C(OH)–C–C–N with tert-alkyl or cyclic N) is 2. The Labute approximate surface area is 131 Å². The molecule has 1 saturated heterocycles. The average Bonchev–Trinajstić information content (AvgIpc) is 2.45. The van der Waals surface area contributed by atoms with Crippen LogP contribution in [0.15, 0.2) is 24.3 Å². The zero-order chi connectivity index (χ0) is 15.2. The number of piperidine rings is 1. The lowest BCUT2D eigenvalue weighted by Crippen LogP contribution is -2.46. The van der Waals surface area contributed by atoms with Gasteiger partial charge >= 0.3 is 0 Å². The third-order valence-electron chi connectivity index (χ3n) is 3.96. The van der Waals surface area contributed by atoms with Crippen molar-refractivity contribution in [1.29, 1.82) is 0 Å². The second-order valence-electron chi connectivity index (χ2n) is 5.89. The fourth-order valence-corrected chi connectivity index (χ4v) is 2.65. The summed E-state index contributed by atoms with van der Waals surface area (Å²) in [5.74, 6) is 0.347. The Bertz CT molecular complexity index is 426. The van der Waals surface area contributed by atoms with Gasteiger partial charge in [-0.15, -0.1) is 0 Å². The van der Waals surface area contributed by atoms with Crippen molar-refractivity contribution in [2.45, 2.75) is 32.2 Å². The van der Waals surface area contributed by atoms with Gasteiger partial charge in [0.2, 0.25) is 0 Å². The SMILES string of the molecule is CC1CCN(CC(O)COCc2ccc(Cl)cc2)CC1O. The second-order valence-corrected chi connectivity index (χ2v) is 6.32. The molecule has 0 aromatic heterocycles. The molecule has 5 heteroatoms. The van der Waals surface area contributed by atoms with E-state index in [1.54, 1.807) is 0 Å². The van der Waals surface area contributed by atoms with Gasteiger partial charge in [-0.1, -0.05) is 30.7 Å². The minimum Gasteiger partial charge on any atom is -0.392 e. The number of halogens is 1. The molecule has 0 spiro atoms. The van der Waals surface area contributed by atoms with Crippen molar-refractivity contribution < 1.29 is 14.9 Å². The van der Waals surface area contributed by atoms with Gasteiger partial charge in [-0.25, -0.2) is 0 Å². The highest BCUT2D eigenvalue weighted by Crippen LogP contribution is 2.17. The lowest BCUT2D eigenvalue weighted by molar-refractivity contribution is -0.0198. The minimum absolute atomic E-state index is 0.291. The Kier molecular flexibility index (Phi) is 6.45. The summed E-state index contributed by atoms with van der Waals surface area (Å²) < 4.78 is 5.53. The first-order chi connectivity index (χ1) is 10.0. The number of hydrogen-bond donors (Lipinski definition) is 2. The summed E-state index contributed by atoms with van der Waals surface area (Å²) in [6.45, 7) is 4.93. The fraction of sp³-hybridized carbons (Fsp3) is 0.625. The molecule has 1 aromatic rings. The van der Waals surface area contributed by atoms with Gasteiger partial charge in [-0.2, -0.15) is 0 Å². The lowest BCUT2D eigenvalue weighted by atomic mass is 9.96. The van der Waals surface area contributed by atoms with Crippen molar-refractivity contribution in [3.8, 4) is 0 Å². The number of likely N-dealkylation sites (tertiary alicyclic amines) is 1. The van der Waals surface area contributed by atoms with Crippen molar-refractivity contribution in [1.82, 2.24) is 4.90 Å². The molecule has 0 saturated carbocycles. The number of benzene rings is 1. The molecule has 2 N–H and O–H groups in total. The van der Waals surface area contributed by atoms with Crippen LogP contribution in [0.25, 0.3) is 0 Å². The number of aliphatic hydroxyl groups excluding tert-OH is 2. The molecule has 3 atom stereocenters. The first kappa shape index (κ1) is 16.7. The molecule has 0 aliphatic carbocycles. The van der Waals surface area contributed by atoms with Gasteiger partial charge < -0.3 is 14.9 Å². The minimum atomic E-state index is -0.530. The topological polar surface area (TPSA) is 52.9 Å². The highest BCUT2D eigenvalue weighted by molar-refractivity contribution is 6.30. The highest BCUT2D eigenvalue weighted by Gasteiger charge is 2.25. The molecule has 0 bridgehead atoms. The molecule has 1 aliphatic heterocycles. The number of aliphatic hydroxyl groups is 2. The first-order valence-electron chi connectivity index (χ1n) is 7.45. The van der Waals surface area contributed by atoms with Gasteiger partial charge in [0.05, 0.1) is 25.4 Å². The number of ether oxygens (including phenoxy) is 1. The van der Waals surface area contributed by atoms with Crippen LogP contribution in [0.1, 0.15) is 18.9 Å².